The lowest BCUT2D eigenvalue weighted by atomic mass is 9.94. The summed E-state index contributed by atoms with van der Waals surface area (Å²) in [6.07, 6.45) is 1.83. The molecule has 0 radical (unpaired) electrons. The van der Waals surface area contributed by atoms with Gasteiger partial charge < -0.3 is 9.53 Å². The molecule has 0 aliphatic carbocycles. The molecule has 2 aromatic carbocycles. The van der Waals surface area contributed by atoms with Crippen molar-refractivity contribution in [1.82, 2.24) is 5.06 Å². The van der Waals surface area contributed by atoms with Gasteiger partial charge in [0.05, 0.1) is 19.4 Å². The van der Waals surface area contributed by atoms with Crippen LogP contribution in [-0.2, 0) is 19.2 Å². The summed E-state index contributed by atoms with van der Waals surface area (Å²) in [5.41, 5.74) is -0.618. The van der Waals surface area contributed by atoms with Crippen LogP contribution in [-0.4, -0.2) is 49.8 Å². The first-order valence-electron chi connectivity index (χ1n) is 12.2. The summed E-state index contributed by atoms with van der Waals surface area (Å²) in [6, 6.07) is 19.8. The molecule has 0 aliphatic heterocycles. The smallest absolute Gasteiger partial charge is 0.307 e. The third kappa shape index (κ3) is 7.50. The number of hydroxylamine groups is 2. The van der Waals surface area contributed by atoms with Crippen LogP contribution < -0.4 is 10.4 Å². The van der Waals surface area contributed by atoms with Crippen molar-refractivity contribution < 1.29 is 24.0 Å². The third-order valence-electron chi connectivity index (χ3n) is 6.48. The van der Waals surface area contributed by atoms with Crippen molar-refractivity contribution in [2.75, 3.05) is 14.2 Å². The number of esters is 1. The summed E-state index contributed by atoms with van der Waals surface area (Å²) in [5.74, 6) is -1.22. The number of benzene rings is 2. The Hall–Kier alpha value is -2.48. The van der Waals surface area contributed by atoms with E-state index < -0.39 is 30.8 Å². The maximum absolute atomic E-state index is 12.9. The predicted octanol–water partition coefficient (Wildman–Crippen LogP) is 4.06. The molecule has 0 fully saturated rings. The van der Waals surface area contributed by atoms with Crippen molar-refractivity contribution in [2.24, 2.45) is 5.92 Å². The molecule has 192 valence electrons. The number of hydrogen-bond donors (Lipinski definition) is 1. The first-order chi connectivity index (χ1) is 16.3. The molecule has 1 amide bonds. The van der Waals surface area contributed by atoms with Gasteiger partial charge >= 0.3 is 5.97 Å². The lowest BCUT2D eigenvalue weighted by Gasteiger charge is -2.41. The van der Waals surface area contributed by atoms with Gasteiger partial charge in [-0.1, -0.05) is 80.9 Å². The zero-order chi connectivity index (χ0) is 26.3. The number of rotatable bonds is 11. The van der Waals surface area contributed by atoms with Crippen molar-refractivity contribution in [3.05, 3.63) is 60.7 Å². The lowest BCUT2D eigenvalue weighted by molar-refractivity contribution is -0.177. The second-order valence-corrected chi connectivity index (χ2v) is 14.7. The Labute approximate surface area is 211 Å². The molecule has 2 rings (SSSR count). The van der Waals surface area contributed by atoms with E-state index in [1.165, 1.54) is 12.2 Å². The minimum atomic E-state index is -3.13. The largest absolute Gasteiger partial charge is 0.460 e. The number of ether oxygens (including phenoxy) is 1. The maximum Gasteiger partial charge on any atom is 0.307 e. The summed E-state index contributed by atoms with van der Waals surface area (Å²) >= 11 is 0. The Balaban J connectivity index is 2.25. The SMILES string of the molecule is CON(C)C(=O)C(CCCC(C)(C)[Si](O)(c1ccccc1)c1ccccc1)CC(=O)OC(C)(C)C. The number of amides is 1. The number of hydrogen-bond acceptors (Lipinski definition) is 5. The van der Waals surface area contributed by atoms with E-state index in [4.69, 9.17) is 9.57 Å². The molecule has 35 heavy (non-hydrogen) atoms. The van der Waals surface area contributed by atoms with Gasteiger partial charge in [-0.15, -0.1) is 0 Å². The maximum atomic E-state index is 12.9. The van der Waals surface area contributed by atoms with Crippen LogP contribution in [0.25, 0.3) is 0 Å². The Bertz CT molecular complexity index is 917. The van der Waals surface area contributed by atoms with Crippen LogP contribution in [0.2, 0.25) is 5.04 Å². The van der Waals surface area contributed by atoms with E-state index in [1.54, 1.807) is 7.05 Å². The Morgan fingerprint density at radius 3 is 1.86 bits per heavy atom. The lowest BCUT2D eigenvalue weighted by Crippen LogP contribution is -2.65. The average molecular weight is 500 g/mol. The van der Waals surface area contributed by atoms with Gasteiger partial charge in [-0.25, -0.2) is 5.06 Å². The number of carbonyl (C=O) groups excluding carboxylic acids is 2. The highest BCUT2D eigenvalue weighted by atomic mass is 28.4. The Kier molecular flexibility index (Phi) is 9.83. The van der Waals surface area contributed by atoms with Crippen LogP contribution in [0.4, 0.5) is 0 Å². The summed E-state index contributed by atoms with van der Waals surface area (Å²) in [7, 11) is -0.159. The molecule has 0 aromatic heterocycles. The highest BCUT2D eigenvalue weighted by Crippen LogP contribution is 2.40. The molecule has 1 atom stereocenters. The topological polar surface area (TPSA) is 76.1 Å². The van der Waals surface area contributed by atoms with Crippen LogP contribution in [0.3, 0.4) is 0 Å². The normalized spacial score (nSPS) is 13.3. The molecular weight excluding hydrogens is 458 g/mol. The van der Waals surface area contributed by atoms with Crippen LogP contribution >= 0.6 is 0 Å². The molecule has 0 spiro atoms. The van der Waals surface area contributed by atoms with Gasteiger partial charge in [-0.2, -0.15) is 0 Å². The third-order valence-corrected chi connectivity index (χ3v) is 11.0. The van der Waals surface area contributed by atoms with Gasteiger partial charge in [0.2, 0.25) is 5.91 Å². The van der Waals surface area contributed by atoms with Gasteiger partial charge in [-0.3, -0.25) is 14.4 Å². The fourth-order valence-corrected chi connectivity index (χ4v) is 8.31. The van der Waals surface area contributed by atoms with E-state index in [2.05, 4.69) is 13.8 Å². The molecule has 0 aliphatic rings. The first kappa shape index (κ1) is 28.8. The summed E-state index contributed by atoms with van der Waals surface area (Å²) in [4.78, 5) is 42.8. The van der Waals surface area contributed by atoms with E-state index in [1.807, 2.05) is 81.4 Å². The molecule has 0 bridgehead atoms. The van der Waals surface area contributed by atoms with E-state index in [0.717, 1.165) is 10.4 Å². The van der Waals surface area contributed by atoms with E-state index in [0.29, 0.717) is 19.3 Å². The van der Waals surface area contributed by atoms with E-state index >= 15 is 0 Å². The molecule has 1 N–H and O–H groups in total. The molecule has 7 heteroatoms. The van der Waals surface area contributed by atoms with Crippen molar-refractivity contribution in [1.29, 1.82) is 0 Å². The zero-order valence-electron chi connectivity index (χ0n) is 22.2. The van der Waals surface area contributed by atoms with Gasteiger partial charge in [-0.05, 0) is 49.0 Å². The Morgan fingerprint density at radius 1 is 0.943 bits per heavy atom. The number of carbonyl (C=O) groups is 2. The molecule has 0 saturated heterocycles. The van der Waals surface area contributed by atoms with Gasteiger partial charge in [0.1, 0.15) is 5.60 Å². The Morgan fingerprint density at radius 2 is 1.43 bits per heavy atom. The number of nitrogens with zero attached hydrogens (tertiary/aromatic N) is 1. The second-order valence-electron chi connectivity index (χ2n) is 10.7. The minimum Gasteiger partial charge on any atom is -0.460 e. The molecular formula is C28H41NO5Si. The van der Waals surface area contributed by atoms with Crippen molar-refractivity contribution in [3.63, 3.8) is 0 Å². The van der Waals surface area contributed by atoms with Crippen LogP contribution in [0.1, 0.15) is 60.3 Å². The molecule has 2 aromatic rings. The fraction of sp³-hybridized carbons (Fsp3) is 0.500. The van der Waals surface area contributed by atoms with Gasteiger partial charge in [0.25, 0.3) is 8.32 Å². The van der Waals surface area contributed by atoms with Crippen molar-refractivity contribution >= 4 is 30.6 Å². The monoisotopic (exact) mass is 499 g/mol. The quantitative estimate of drug-likeness (QED) is 0.287. The molecule has 6 nitrogen and oxygen atoms in total. The van der Waals surface area contributed by atoms with E-state index in [9.17, 15) is 14.4 Å². The highest BCUT2D eigenvalue weighted by Gasteiger charge is 2.49. The van der Waals surface area contributed by atoms with E-state index in [-0.39, 0.29) is 12.3 Å². The van der Waals surface area contributed by atoms with Gasteiger partial charge in [0, 0.05) is 7.05 Å². The van der Waals surface area contributed by atoms with Gasteiger partial charge in [0.15, 0.2) is 0 Å². The summed E-state index contributed by atoms with van der Waals surface area (Å²) in [5, 5.41) is 2.65. The van der Waals surface area contributed by atoms with Crippen LogP contribution in [0.15, 0.2) is 60.7 Å². The second kappa shape index (κ2) is 12.0. The fourth-order valence-electron chi connectivity index (χ4n) is 4.52. The predicted molar refractivity (Wildman–Crippen MR) is 142 cm³/mol. The van der Waals surface area contributed by atoms with Crippen LogP contribution in [0, 0.1) is 5.92 Å². The standard InChI is InChI=1S/C28H41NO5Si/c1-27(2,3)34-25(30)21-22(26(31)29(6)33-7)15-14-20-28(4,5)35(32,23-16-10-8-11-17-23)24-18-12-9-13-19-24/h8-13,16-19,22,32H,14-15,20-21H2,1-7H3. The van der Waals surface area contributed by atoms with Crippen LogP contribution in [0.5, 0.6) is 0 Å². The zero-order valence-corrected chi connectivity index (χ0v) is 23.2. The summed E-state index contributed by atoms with van der Waals surface area (Å²) < 4.78 is 5.47. The minimum absolute atomic E-state index is 0.0106. The first-order valence-corrected chi connectivity index (χ1v) is 14.1. The molecule has 0 saturated carbocycles. The average Bonchev–Trinajstić information content (AvgIpc) is 2.81. The molecule has 1 unspecified atom stereocenters. The summed E-state index contributed by atoms with van der Waals surface area (Å²) in [6.45, 7) is 9.63. The highest BCUT2D eigenvalue weighted by molar-refractivity contribution is 6.98. The molecule has 0 heterocycles. The van der Waals surface area contributed by atoms with Crippen molar-refractivity contribution in [2.45, 2.75) is 70.9 Å². The van der Waals surface area contributed by atoms with Crippen molar-refractivity contribution in [3.8, 4) is 0 Å².